The highest BCUT2D eigenvalue weighted by molar-refractivity contribution is 7.99. The normalized spacial score (nSPS) is 9.25. The second-order valence-corrected chi connectivity index (χ2v) is 3.24. The van der Waals surface area contributed by atoms with E-state index in [0.717, 1.165) is 4.73 Å². The monoisotopic (exact) mass is 180 g/mol. The van der Waals surface area contributed by atoms with Crippen LogP contribution in [0.2, 0.25) is 0 Å². The Labute approximate surface area is 75.2 Å². The Kier molecular flexibility index (Phi) is 3.42. The van der Waals surface area contributed by atoms with Gasteiger partial charge in [-0.3, -0.25) is 0 Å². The summed E-state index contributed by atoms with van der Waals surface area (Å²) < 4.78 is 0.808. The molecule has 4 heteroatoms. The topological polar surface area (TPSA) is 50.7 Å². The lowest BCUT2D eigenvalue weighted by atomic mass is 10.5. The molecule has 0 unspecified atom stereocenters. The molecule has 0 N–H and O–H groups in total. The zero-order valence-corrected chi connectivity index (χ0v) is 7.25. The van der Waals surface area contributed by atoms with Crippen LogP contribution in [-0.4, -0.2) is 5.75 Å². The molecule has 0 radical (unpaired) electrons. The standard InChI is InChI=1S/C8H8N2OS/c9-5-3-7-12-8-4-1-2-6-10(8)11/h1-2,4,6H,3,7H2. The molecule has 1 heterocycles. The zero-order chi connectivity index (χ0) is 8.81. The van der Waals surface area contributed by atoms with E-state index < -0.39 is 0 Å². The van der Waals surface area contributed by atoms with E-state index >= 15 is 0 Å². The molecular weight excluding hydrogens is 172 g/mol. The van der Waals surface area contributed by atoms with Crippen LogP contribution >= 0.6 is 11.8 Å². The molecule has 1 aromatic rings. The van der Waals surface area contributed by atoms with Crippen LogP contribution in [0.1, 0.15) is 6.42 Å². The molecule has 62 valence electrons. The van der Waals surface area contributed by atoms with Gasteiger partial charge in [0.2, 0.25) is 0 Å². The molecule has 0 atom stereocenters. The molecule has 12 heavy (non-hydrogen) atoms. The predicted molar refractivity (Wildman–Crippen MR) is 46.4 cm³/mol. The highest BCUT2D eigenvalue weighted by Crippen LogP contribution is 2.12. The predicted octanol–water partition coefficient (Wildman–Crippen LogP) is 1.33. The van der Waals surface area contributed by atoms with Crippen LogP contribution in [0.15, 0.2) is 29.4 Å². The maximum absolute atomic E-state index is 11.0. The third-order valence-corrected chi connectivity index (χ3v) is 2.27. The van der Waals surface area contributed by atoms with Crippen molar-refractivity contribution in [2.75, 3.05) is 5.75 Å². The van der Waals surface area contributed by atoms with Gasteiger partial charge in [-0.15, -0.1) is 0 Å². The molecule has 0 amide bonds. The highest BCUT2D eigenvalue weighted by Gasteiger charge is 2.02. The van der Waals surface area contributed by atoms with Gasteiger partial charge in [-0.05, 0) is 6.07 Å². The summed E-state index contributed by atoms with van der Waals surface area (Å²) in [6.07, 6.45) is 1.92. The average Bonchev–Trinajstić information content (AvgIpc) is 2.09. The van der Waals surface area contributed by atoms with Gasteiger partial charge >= 0.3 is 0 Å². The molecular formula is C8H8N2OS. The van der Waals surface area contributed by atoms with Crippen LogP contribution in [0, 0.1) is 16.5 Å². The van der Waals surface area contributed by atoms with Gasteiger partial charge in [0, 0.05) is 24.3 Å². The van der Waals surface area contributed by atoms with E-state index in [1.807, 2.05) is 12.1 Å². The van der Waals surface area contributed by atoms with Gasteiger partial charge in [0.05, 0.1) is 6.07 Å². The van der Waals surface area contributed by atoms with Gasteiger partial charge < -0.3 is 5.21 Å². The number of nitriles is 1. The molecule has 0 aliphatic heterocycles. The highest BCUT2D eigenvalue weighted by atomic mass is 32.2. The fraction of sp³-hybridized carbons (Fsp3) is 0.250. The first-order chi connectivity index (χ1) is 5.84. The van der Waals surface area contributed by atoms with Gasteiger partial charge in [-0.2, -0.15) is 9.99 Å². The lowest BCUT2D eigenvalue weighted by molar-refractivity contribution is -0.645. The Morgan fingerprint density at radius 3 is 3.08 bits per heavy atom. The number of thioether (sulfide) groups is 1. The van der Waals surface area contributed by atoms with Gasteiger partial charge in [-0.1, -0.05) is 11.8 Å². The number of aromatic nitrogens is 1. The van der Waals surface area contributed by atoms with Crippen molar-refractivity contribution in [3.63, 3.8) is 0 Å². The number of nitrogens with zero attached hydrogens (tertiary/aromatic N) is 2. The van der Waals surface area contributed by atoms with Gasteiger partial charge in [0.25, 0.3) is 5.03 Å². The lowest BCUT2D eigenvalue weighted by Gasteiger charge is -2.00. The van der Waals surface area contributed by atoms with Gasteiger partial charge in [-0.25, -0.2) is 0 Å². The summed E-state index contributed by atoms with van der Waals surface area (Å²) in [4.78, 5) is 0. The minimum atomic E-state index is 0.472. The van der Waals surface area contributed by atoms with Crippen molar-refractivity contribution in [3.05, 3.63) is 29.6 Å². The molecule has 1 aromatic heterocycles. The van der Waals surface area contributed by atoms with Crippen LogP contribution in [0.4, 0.5) is 0 Å². The molecule has 0 aliphatic carbocycles. The summed E-state index contributed by atoms with van der Waals surface area (Å²) in [5.41, 5.74) is 0. The second kappa shape index (κ2) is 4.62. The van der Waals surface area contributed by atoms with E-state index in [2.05, 4.69) is 0 Å². The smallest absolute Gasteiger partial charge is 0.251 e. The summed E-state index contributed by atoms with van der Waals surface area (Å²) in [7, 11) is 0. The van der Waals surface area contributed by atoms with Crippen LogP contribution in [0.25, 0.3) is 0 Å². The molecule has 0 saturated heterocycles. The van der Waals surface area contributed by atoms with Crippen LogP contribution in [0.5, 0.6) is 0 Å². The first-order valence-electron chi connectivity index (χ1n) is 3.52. The number of pyridine rings is 1. The zero-order valence-electron chi connectivity index (χ0n) is 6.43. The van der Waals surface area contributed by atoms with E-state index in [4.69, 9.17) is 5.26 Å². The third kappa shape index (κ3) is 2.44. The Bertz CT molecular complexity index is 295. The maximum Gasteiger partial charge on any atom is 0.251 e. The second-order valence-electron chi connectivity index (χ2n) is 2.12. The van der Waals surface area contributed by atoms with Crippen molar-refractivity contribution in [3.8, 4) is 6.07 Å². The SMILES string of the molecule is N#CCCSc1cccc[n+]1[O-]. The van der Waals surface area contributed by atoms with Crippen molar-refractivity contribution in [2.45, 2.75) is 11.4 Å². The van der Waals surface area contributed by atoms with Gasteiger partial charge in [0.15, 0.2) is 6.20 Å². The maximum atomic E-state index is 11.0. The third-order valence-electron chi connectivity index (χ3n) is 1.25. The lowest BCUT2D eigenvalue weighted by Crippen LogP contribution is -2.27. The van der Waals surface area contributed by atoms with Crippen molar-refractivity contribution in [1.82, 2.24) is 0 Å². The summed E-state index contributed by atoms with van der Waals surface area (Å²) in [5, 5.41) is 19.9. The molecule has 0 saturated carbocycles. The number of hydrogen-bond acceptors (Lipinski definition) is 3. The van der Waals surface area contributed by atoms with E-state index in [-0.39, 0.29) is 0 Å². The summed E-state index contributed by atoms with van der Waals surface area (Å²) >= 11 is 1.40. The number of rotatable bonds is 3. The minimum absolute atomic E-state index is 0.472. The average molecular weight is 180 g/mol. The Balaban J connectivity index is 2.53. The van der Waals surface area contributed by atoms with Crippen LogP contribution in [-0.2, 0) is 0 Å². The summed E-state index contributed by atoms with van der Waals surface area (Å²) in [6.45, 7) is 0. The number of hydrogen-bond donors (Lipinski definition) is 0. The Hall–Kier alpha value is -1.21. The van der Waals surface area contributed by atoms with E-state index in [1.54, 1.807) is 12.1 Å². The molecule has 1 rings (SSSR count). The molecule has 0 aromatic carbocycles. The first kappa shape index (κ1) is 8.88. The van der Waals surface area contributed by atoms with Crippen LogP contribution in [0.3, 0.4) is 0 Å². The Morgan fingerprint density at radius 2 is 2.42 bits per heavy atom. The fourth-order valence-corrected chi connectivity index (χ4v) is 1.49. The minimum Gasteiger partial charge on any atom is -0.618 e. The molecule has 0 fully saturated rings. The van der Waals surface area contributed by atoms with Crippen molar-refractivity contribution in [1.29, 1.82) is 5.26 Å². The molecule has 0 aliphatic rings. The quantitative estimate of drug-likeness (QED) is 0.305. The largest absolute Gasteiger partial charge is 0.618 e. The molecule has 0 spiro atoms. The van der Waals surface area contributed by atoms with Crippen LogP contribution < -0.4 is 4.73 Å². The molecule has 3 nitrogen and oxygen atoms in total. The van der Waals surface area contributed by atoms with Crippen molar-refractivity contribution in [2.24, 2.45) is 0 Å². The molecule has 0 bridgehead atoms. The van der Waals surface area contributed by atoms with E-state index in [0.29, 0.717) is 17.2 Å². The fourth-order valence-electron chi connectivity index (χ4n) is 0.726. The van der Waals surface area contributed by atoms with E-state index in [1.165, 1.54) is 18.0 Å². The van der Waals surface area contributed by atoms with Crippen molar-refractivity contribution >= 4 is 11.8 Å². The van der Waals surface area contributed by atoms with Gasteiger partial charge in [0.1, 0.15) is 0 Å². The van der Waals surface area contributed by atoms with Crippen molar-refractivity contribution < 1.29 is 4.73 Å². The Morgan fingerprint density at radius 1 is 1.58 bits per heavy atom. The first-order valence-corrected chi connectivity index (χ1v) is 4.51. The summed E-state index contributed by atoms with van der Waals surface area (Å²) in [5.74, 6) is 0.669. The summed E-state index contributed by atoms with van der Waals surface area (Å²) in [6, 6.07) is 7.26. The van der Waals surface area contributed by atoms with E-state index in [9.17, 15) is 5.21 Å².